The van der Waals surface area contributed by atoms with Crippen molar-refractivity contribution >= 4 is 17.7 Å². The van der Waals surface area contributed by atoms with E-state index in [0.717, 1.165) is 42.3 Å². The van der Waals surface area contributed by atoms with Crippen molar-refractivity contribution in [3.05, 3.63) is 23.0 Å². The van der Waals surface area contributed by atoms with Gasteiger partial charge in [0.1, 0.15) is 5.54 Å². The number of imide groups is 1. The molecule has 136 valence electrons. The molecule has 0 saturated carbocycles. The van der Waals surface area contributed by atoms with Crippen LogP contribution in [0.3, 0.4) is 0 Å². The van der Waals surface area contributed by atoms with Gasteiger partial charge in [-0.05, 0) is 46.6 Å². The molecule has 25 heavy (non-hydrogen) atoms. The number of ketones is 1. The van der Waals surface area contributed by atoms with E-state index in [1.54, 1.807) is 13.8 Å². The molecule has 0 aliphatic carbocycles. The Morgan fingerprint density at radius 3 is 2.64 bits per heavy atom. The number of rotatable bonds is 5. The maximum atomic E-state index is 12.7. The summed E-state index contributed by atoms with van der Waals surface area (Å²) in [5.41, 5.74) is 1.42. The van der Waals surface area contributed by atoms with E-state index in [2.05, 4.69) is 9.88 Å². The first-order chi connectivity index (χ1) is 11.7. The van der Waals surface area contributed by atoms with Crippen molar-refractivity contribution in [2.75, 3.05) is 13.2 Å². The van der Waals surface area contributed by atoms with Crippen molar-refractivity contribution in [3.8, 4) is 0 Å². The second-order valence-electron chi connectivity index (χ2n) is 7.40. The molecular weight excluding hydrogens is 322 g/mol. The van der Waals surface area contributed by atoms with Crippen molar-refractivity contribution in [3.63, 3.8) is 0 Å². The molecule has 2 fully saturated rings. The van der Waals surface area contributed by atoms with Crippen LogP contribution in [0.4, 0.5) is 4.79 Å². The third kappa shape index (κ3) is 3.20. The standard InChI is InChI=1S/C18H25N3O4/c1-11-8-14(12(2)20(11)9-13-6-5-7-25-13)15(22)10-21-16(23)18(3,4)19-17(21)24/h8,13H,5-7,9-10H2,1-4H3,(H,19,24)/t13-/m0/s1. The molecule has 3 amide bonds. The second kappa shape index (κ2) is 6.29. The van der Waals surface area contributed by atoms with Crippen LogP contribution < -0.4 is 5.32 Å². The Labute approximate surface area is 147 Å². The minimum atomic E-state index is -0.964. The van der Waals surface area contributed by atoms with Gasteiger partial charge in [0.05, 0.1) is 12.6 Å². The monoisotopic (exact) mass is 347 g/mol. The number of amides is 3. The first-order valence-corrected chi connectivity index (χ1v) is 8.66. The second-order valence-corrected chi connectivity index (χ2v) is 7.40. The van der Waals surface area contributed by atoms with Gasteiger partial charge in [-0.25, -0.2) is 4.79 Å². The van der Waals surface area contributed by atoms with Gasteiger partial charge in [-0.1, -0.05) is 0 Å². The SMILES string of the molecule is Cc1cc(C(=O)CN2C(=O)NC(C)(C)C2=O)c(C)n1C[C@@H]1CCCO1. The highest BCUT2D eigenvalue weighted by molar-refractivity contribution is 6.11. The zero-order valence-electron chi connectivity index (χ0n) is 15.2. The average molecular weight is 347 g/mol. The number of urea groups is 1. The third-order valence-corrected chi connectivity index (χ3v) is 5.03. The minimum absolute atomic E-state index is 0.180. The molecule has 1 atom stereocenters. The van der Waals surface area contributed by atoms with E-state index in [-0.39, 0.29) is 24.3 Å². The number of carbonyl (C=O) groups excluding carboxylic acids is 3. The number of aromatic nitrogens is 1. The fourth-order valence-corrected chi connectivity index (χ4v) is 3.55. The van der Waals surface area contributed by atoms with Crippen LogP contribution in [0.25, 0.3) is 0 Å². The first kappa shape index (κ1) is 17.7. The molecule has 2 aliphatic rings. The number of hydrogen-bond acceptors (Lipinski definition) is 4. The van der Waals surface area contributed by atoms with Gasteiger partial charge in [0.2, 0.25) is 0 Å². The van der Waals surface area contributed by atoms with E-state index in [4.69, 9.17) is 4.74 Å². The van der Waals surface area contributed by atoms with Crippen molar-refractivity contribution < 1.29 is 19.1 Å². The van der Waals surface area contributed by atoms with Gasteiger partial charge in [0.15, 0.2) is 5.78 Å². The van der Waals surface area contributed by atoms with Crippen LogP contribution in [0.15, 0.2) is 6.07 Å². The Balaban J connectivity index is 1.76. The van der Waals surface area contributed by atoms with Crippen LogP contribution >= 0.6 is 0 Å². The van der Waals surface area contributed by atoms with Gasteiger partial charge in [0.25, 0.3) is 5.91 Å². The van der Waals surface area contributed by atoms with Crippen LogP contribution in [-0.2, 0) is 16.1 Å². The lowest BCUT2D eigenvalue weighted by Gasteiger charge is -2.16. The van der Waals surface area contributed by atoms with Crippen LogP contribution in [-0.4, -0.2) is 52.0 Å². The number of hydrogen-bond donors (Lipinski definition) is 1. The van der Waals surface area contributed by atoms with Crippen molar-refractivity contribution in [1.29, 1.82) is 0 Å². The number of nitrogens with zero attached hydrogens (tertiary/aromatic N) is 2. The quantitative estimate of drug-likeness (QED) is 0.650. The highest BCUT2D eigenvalue weighted by Gasteiger charge is 2.45. The molecular formula is C18H25N3O4. The van der Waals surface area contributed by atoms with Crippen LogP contribution in [0.2, 0.25) is 0 Å². The number of nitrogens with one attached hydrogen (secondary N) is 1. The lowest BCUT2D eigenvalue weighted by atomic mass is 10.1. The summed E-state index contributed by atoms with van der Waals surface area (Å²) >= 11 is 0. The molecule has 0 spiro atoms. The average Bonchev–Trinajstić information content (AvgIpc) is 3.19. The fraction of sp³-hybridized carbons (Fsp3) is 0.611. The smallest absolute Gasteiger partial charge is 0.325 e. The Morgan fingerprint density at radius 2 is 2.08 bits per heavy atom. The predicted octanol–water partition coefficient (Wildman–Crippen LogP) is 1.80. The fourth-order valence-electron chi connectivity index (χ4n) is 3.55. The molecule has 1 aromatic heterocycles. The molecule has 7 nitrogen and oxygen atoms in total. The normalized spacial score (nSPS) is 22.6. The van der Waals surface area contributed by atoms with E-state index < -0.39 is 11.6 Å². The van der Waals surface area contributed by atoms with Gasteiger partial charge >= 0.3 is 6.03 Å². The molecule has 7 heteroatoms. The lowest BCUT2D eigenvalue weighted by Crippen LogP contribution is -2.41. The molecule has 3 heterocycles. The molecule has 1 N–H and O–H groups in total. The van der Waals surface area contributed by atoms with Crippen molar-refractivity contribution in [2.45, 2.75) is 58.7 Å². The summed E-state index contributed by atoms with van der Waals surface area (Å²) in [6.45, 7) is 8.38. The summed E-state index contributed by atoms with van der Waals surface area (Å²) in [6.07, 6.45) is 2.27. The zero-order chi connectivity index (χ0) is 18.4. The van der Waals surface area contributed by atoms with Gasteiger partial charge in [-0.3, -0.25) is 14.5 Å². The topological polar surface area (TPSA) is 80.6 Å². The highest BCUT2D eigenvalue weighted by Crippen LogP contribution is 2.22. The third-order valence-electron chi connectivity index (χ3n) is 5.03. The number of Topliss-reactive ketones (excluding diaryl/α,β-unsaturated/α-hetero) is 1. The summed E-state index contributed by atoms with van der Waals surface area (Å²) in [5.74, 6) is -0.605. The summed E-state index contributed by atoms with van der Waals surface area (Å²) in [6, 6.07) is 1.31. The van der Waals surface area contributed by atoms with Crippen LogP contribution in [0, 0.1) is 13.8 Å². The summed E-state index contributed by atoms with van der Waals surface area (Å²) in [7, 11) is 0. The Kier molecular flexibility index (Phi) is 4.45. The molecule has 2 aliphatic heterocycles. The number of ether oxygens (including phenoxy) is 1. The highest BCUT2D eigenvalue weighted by atomic mass is 16.5. The lowest BCUT2D eigenvalue weighted by molar-refractivity contribution is -0.129. The summed E-state index contributed by atoms with van der Waals surface area (Å²) < 4.78 is 7.77. The number of carbonyl (C=O) groups is 3. The van der Waals surface area contributed by atoms with Crippen molar-refractivity contribution in [1.82, 2.24) is 14.8 Å². The summed E-state index contributed by atoms with van der Waals surface area (Å²) in [4.78, 5) is 37.9. The van der Waals surface area contributed by atoms with Gasteiger partial charge in [0, 0.05) is 30.1 Å². The molecule has 0 radical (unpaired) electrons. The Bertz CT molecular complexity index is 729. The van der Waals surface area contributed by atoms with Gasteiger partial charge in [-0.15, -0.1) is 0 Å². The van der Waals surface area contributed by atoms with E-state index in [1.165, 1.54) is 0 Å². The molecule has 0 aromatic carbocycles. The maximum absolute atomic E-state index is 12.7. The Hall–Kier alpha value is -2.15. The molecule has 0 unspecified atom stereocenters. The largest absolute Gasteiger partial charge is 0.376 e. The first-order valence-electron chi connectivity index (χ1n) is 8.66. The van der Waals surface area contributed by atoms with Gasteiger partial charge in [-0.2, -0.15) is 0 Å². The van der Waals surface area contributed by atoms with E-state index in [0.29, 0.717) is 5.56 Å². The Morgan fingerprint density at radius 1 is 1.36 bits per heavy atom. The molecule has 0 bridgehead atoms. The van der Waals surface area contributed by atoms with E-state index in [1.807, 2.05) is 19.9 Å². The molecule has 3 rings (SSSR count). The predicted molar refractivity (Wildman–Crippen MR) is 91.5 cm³/mol. The van der Waals surface area contributed by atoms with E-state index >= 15 is 0 Å². The summed E-state index contributed by atoms with van der Waals surface area (Å²) in [5, 5.41) is 2.59. The van der Waals surface area contributed by atoms with Crippen LogP contribution in [0.1, 0.15) is 48.4 Å². The van der Waals surface area contributed by atoms with Crippen molar-refractivity contribution in [2.24, 2.45) is 0 Å². The molecule has 2 saturated heterocycles. The van der Waals surface area contributed by atoms with Crippen LogP contribution in [0.5, 0.6) is 0 Å². The zero-order valence-corrected chi connectivity index (χ0v) is 15.2. The number of aryl methyl sites for hydroxylation is 1. The minimum Gasteiger partial charge on any atom is -0.376 e. The van der Waals surface area contributed by atoms with Gasteiger partial charge < -0.3 is 14.6 Å². The molecule has 1 aromatic rings. The van der Waals surface area contributed by atoms with E-state index in [9.17, 15) is 14.4 Å². The maximum Gasteiger partial charge on any atom is 0.325 e.